The van der Waals surface area contributed by atoms with E-state index in [0.717, 1.165) is 44.6 Å². The van der Waals surface area contributed by atoms with E-state index < -0.39 is 0 Å². The van der Waals surface area contributed by atoms with Crippen molar-refractivity contribution < 1.29 is 9.53 Å². The van der Waals surface area contributed by atoms with Gasteiger partial charge in [0.1, 0.15) is 6.10 Å². The van der Waals surface area contributed by atoms with E-state index in [1.165, 1.54) is 6.42 Å². The third-order valence-electron chi connectivity index (χ3n) is 3.92. The Morgan fingerprint density at radius 3 is 2.57 bits per heavy atom. The molecule has 1 aliphatic rings. The van der Waals surface area contributed by atoms with Gasteiger partial charge in [0.2, 0.25) is 0 Å². The average molecular weight is 290 g/mol. The number of ether oxygens (including phenoxy) is 1. The first-order valence-corrected chi connectivity index (χ1v) is 7.92. The molecule has 1 aromatic carbocycles. The van der Waals surface area contributed by atoms with Crippen molar-refractivity contribution in [1.82, 2.24) is 4.90 Å². The Morgan fingerprint density at radius 2 is 1.95 bits per heavy atom. The molecule has 0 atom stereocenters. The van der Waals surface area contributed by atoms with Crippen LogP contribution in [0.1, 0.15) is 43.0 Å². The van der Waals surface area contributed by atoms with Crippen LogP contribution in [-0.4, -0.2) is 43.7 Å². The number of hydrogen-bond donors (Lipinski definition) is 1. The monoisotopic (exact) mass is 290 g/mol. The van der Waals surface area contributed by atoms with Crippen LogP contribution in [0.2, 0.25) is 0 Å². The molecule has 1 N–H and O–H groups in total. The van der Waals surface area contributed by atoms with E-state index in [1.807, 2.05) is 24.3 Å². The van der Waals surface area contributed by atoms with Crippen LogP contribution >= 0.6 is 0 Å². The fraction of sp³-hybridized carbons (Fsp3) is 0.588. The predicted octanol–water partition coefficient (Wildman–Crippen LogP) is 3.15. The Balaban J connectivity index is 1.82. The molecule has 0 spiro atoms. The first kappa shape index (κ1) is 15.8. The summed E-state index contributed by atoms with van der Waals surface area (Å²) in [6, 6.07) is 7.57. The summed E-state index contributed by atoms with van der Waals surface area (Å²) in [7, 11) is 2.10. The highest BCUT2D eigenvalue weighted by Crippen LogP contribution is 2.16. The van der Waals surface area contributed by atoms with Crippen molar-refractivity contribution in [3.05, 3.63) is 29.8 Å². The number of piperidine rings is 1. The van der Waals surface area contributed by atoms with Crippen LogP contribution in [0.4, 0.5) is 5.69 Å². The number of nitrogens with one attached hydrogen (secondary N) is 1. The molecule has 0 aliphatic carbocycles. The van der Waals surface area contributed by atoms with E-state index in [0.29, 0.717) is 5.56 Å². The summed E-state index contributed by atoms with van der Waals surface area (Å²) in [4.78, 5) is 14.4. The van der Waals surface area contributed by atoms with Gasteiger partial charge >= 0.3 is 5.97 Å². The lowest BCUT2D eigenvalue weighted by Gasteiger charge is -2.28. The largest absolute Gasteiger partial charge is 0.459 e. The molecule has 1 heterocycles. The highest BCUT2D eigenvalue weighted by molar-refractivity contribution is 5.89. The maximum absolute atomic E-state index is 12.1. The Morgan fingerprint density at radius 1 is 1.29 bits per heavy atom. The minimum absolute atomic E-state index is 0.0658. The summed E-state index contributed by atoms with van der Waals surface area (Å²) in [5.74, 6) is -0.204. The van der Waals surface area contributed by atoms with Gasteiger partial charge in [0, 0.05) is 25.3 Å². The molecule has 4 heteroatoms. The van der Waals surface area contributed by atoms with Crippen LogP contribution in [0.5, 0.6) is 0 Å². The van der Waals surface area contributed by atoms with Gasteiger partial charge in [-0.1, -0.05) is 13.3 Å². The van der Waals surface area contributed by atoms with Crippen molar-refractivity contribution in [3.63, 3.8) is 0 Å². The topological polar surface area (TPSA) is 41.6 Å². The fourth-order valence-electron chi connectivity index (χ4n) is 2.46. The Bertz CT molecular complexity index is 437. The lowest BCUT2D eigenvalue weighted by Crippen LogP contribution is -2.35. The molecule has 0 saturated carbocycles. The molecule has 1 aromatic rings. The Kier molecular flexibility index (Phi) is 6.05. The first-order chi connectivity index (χ1) is 10.2. The van der Waals surface area contributed by atoms with Crippen LogP contribution in [0.25, 0.3) is 0 Å². The number of benzene rings is 1. The number of esters is 1. The van der Waals surface area contributed by atoms with E-state index in [2.05, 4.69) is 24.2 Å². The van der Waals surface area contributed by atoms with Crippen molar-refractivity contribution in [1.29, 1.82) is 0 Å². The van der Waals surface area contributed by atoms with E-state index in [4.69, 9.17) is 4.74 Å². The van der Waals surface area contributed by atoms with Gasteiger partial charge in [-0.3, -0.25) is 0 Å². The number of nitrogens with zero attached hydrogens (tertiary/aromatic N) is 1. The SMILES string of the molecule is CCCCNc1ccc(C(=O)OC2CCN(C)CC2)cc1. The quantitative estimate of drug-likeness (QED) is 0.645. The first-order valence-electron chi connectivity index (χ1n) is 7.92. The van der Waals surface area contributed by atoms with Crippen LogP contribution in [-0.2, 0) is 4.74 Å². The molecular formula is C17H26N2O2. The number of carbonyl (C=O) groups is 1. The fourth-order valence-corrected chi connectivity index (χ4v) is 2.46. The zero-order valence-corrected chi connectivity index (χ0v) is 13.1. The van der Waals surface area contributed by atoms with Gasteiger partial charge in [0.25, 0.3) is 0 Å². The molecular weight excluding hydrogens is 264 g/mol. The minimum atomic E-state index is -0.204. The van der Waals surface area contributed by atoms with Crippen LogP contribution < -0.4 is 5.32 Å². The summed E-state index contributed by atoms with van der Waals surface area (Å²) >= 11 is 0. The third kappa shape index (κ3) is 5.05. The zero-order valence-electron chi connectivity index (χ0n) is 13.1. The Hall–Kier alpha value is -1.55. The van der Waals surface area contributed by atoms with Crippen molar-refractivity contribution in [3.8, 4) is 0 Å². The summed E-state index contributed by atoms with van der Waals surface area (Å²) in [5.41, 5.74) is 1.69. The summed E-state index contributed by atoms with van der Waals surface area (Å²) in [6.45, 7) is 5.14. The van der Waals surface area contributed by atoms with Gasteiger partial charge in [-0.2, -0.15) is 0 Å². The third-order valence-corrected chi connectivity index (χ3v) is 3.92. The number of rotatable bonds is 6. The van der Waals surface area contributed by atoms with Crippen molar-refractivity contribution in [2.75, 3.05) is 32.0 Å². The van der Waals surface area contributed by atoms with Crippen LogP contribution in [0.3, 0.4) is 0 Å². The summed E-state index contributed by atoms with van der Waals surface area (Å²) < 4.78 is 5.58. The van der Waals surface area contributed by atoms with Gasteiger partial charge in [0.15, 0.2) is 0 Å². The molecule has 4 nitrogen and oxygen atoms in total. The number of unbranched alkanes of at least 4 members (excludes halogenated alkanes) is 1. The number of likely N-dealkylation sites (tertiary alicyclic amines) is 1. The van der Waals surface area contributed by atoms with E-state index in [-0.39, 0.29) is 12.1 Å². The van der Waals surface area contributed by atoms with E-state index in [1.54, 1.807) is 0 Å². The second-order valence-corrected chi connectivity index (χ2v) is 5.77. The average Bonchev–Trinajstić information content (AvgIpc) is 2.50. The number of hydrogen-bond acceptors (Lipinski definition) is 4. The van der Waals surface area contributed by atoms with E-state index in [9.17, 15) is 4.79 Å². The van der Waals surface area contributed by atoms with Crippen molar-refractivity contribution in [2.24, 2.45) is 0 Å². The molecule has 0 amide bonds. The number of carbonyl (C=O) groups excluding carboxylic acids is 1. The smallest absolute Gasteiger partial charge is 0.338 e. The highest BCUT2D eigenvalue weighted by atomic mass is 16.5. The molecule has 0 radical (unpaired) electrons. The minimum Gasteiger partial charge on any atom is -0.459 e. The molecule has 1 saturated heterocycles. The second-order valence-electron chi connectivity index (χ2n) is 5.77. The molecule has 1 aliphatic heterocycles. The molecule has 2 rings (SSSR count). The molecule has 0 unspecified atom stereocenters. The predicted molar refractivity (Wildman–Crippen MR) is 85.8 cm³/mol. The van der Waals surface area contributed by atoms with Crippen LogP contribution in [0.15, 0.2) is 24.3 Å². The van der Waals surface area contributed by atoms with Gasteiger partial charge in [-0.15, -0.1) is 0 Å². The van der Waals surface area contributed by atoms with Gasteiger partial charge in [0.05, 0.1) is 5.56 Å². The highest BCUT2D eigenvalue weighted by Gasteiger charge is 2.20. The zero-order chi connectivity index (χ0) is 15.1. The number of anilines is 1. The van der Waals surface area contributed by atoms with Crippen molar-refractivity contribution >= 4 is 11.7 Å². The van der Waals surface area contributed by atoms with Gasteiger partial charge < -0.3 is 15.0 Å². The van der Waals surface area contributed by atoms with Crippen LogP contribution in [0, 0.1) is 0 Å². The second kappa shape index (κ2) is 8.03. The lowest BCUT2D eigenvalue weighted by atomic mass is 10.1. The molecule has 1 fully saturated rings. The van der Waals surface area contributed by atoms with Crippen molar-refractivity contribution in [2.45, 2.75) is 38.7 Å². The van der Waals surface area contributed by atoms with Gasteiger partial charge in [-0.25, -0.2) is 4.79 Å². The molecule has 0 bridgehead atoms. The maximum Gasteiger partial charge on any atom is 0.338 e. The molecule has 0 aromatic heterocycles. The normalized spacial score (nSPS) is 16.7. The Labute approximate surface area is 127 Å². The summed E-state index contributed by atoms with van der Waals surface area (Å²) in [6.07, 6.45) is 4.25. The van der Waals surface area contributed by atoms with Gasteiger partial charge in [-0.05, 0) is 50.6 Å². The standard InChI is InChI=1S/C17H26N2O2/c1-3-4-11-18-15-7-5-14(6-8-15)17(20)21-16-9-12-19(2)13-10-16/h5-8,16,18H,3-4,9-13H2,1-2H3. The lowest BCUT2D eigenvalue weighted by molar-refractivity contribution is 0.0139. The maximum atomic E-state index is 12.1. The summed E-state index contributed by atoms with van der Waals surface area (Å²) in [5, 5.41) is 3.34. The molecule has 116 valence electrons. The molecule has 21 heavy (non-hydrogen) atoms. The van der Waals surface area contributed by atoms with E-state index >= 15 is 0 Å².